The molecular weight excluding hydrogens is 444 g/mol. The highest BCUT2D eigenvalue weighted by Gasteiger charge is 2.30. The summed E-state index contributed by atoms with van der Waals surface area (Å²) in [5.74, 6) is -0.605. The Morgan fingerprint density at radius 1 is 1.15 bits per heavy atom. The predicted molar refractivity (Wildman–Crippen MR) is 123 cm³/mol. The lowest BCUT2D eigenvalue weighted by molar-refractivity contribution is -0.127. The Hall–Kier alpha value is -3.34. The largest absolute Gasteiger partial charge is 0.393 e. The summed E-state index contributed by atoms with van der Waals surface area (Å²) in [6.45, 7) is 2.62. The topological polar surface area (TPSA) is 108 Å². The van der Waals surface area contributed by atoms with Gasteiger partial charge in [0.1, 0.15) is 17.2 Å². The lowest BCUT2D eigenvalue weighted by atomic mass is 9.93. The van der Waals surface area contributed by atoms with Crippen LogP contribution in [-0.4, -0.2) is 60.7 Å². The fraction of sp³-hybridized carbons (Fsp3) is 0.478. The minimum Gasteiger partial charge on any atom is -0.393 e. The van der Waals surface area contributed by atoms with Gasteiger partial charge < -0.3 is 20.6 Å². The number of carbonyl (C=O) groups excluding carboxylic acids is 1. The van der Waals surface area contributed by atoms with E-state index < -0.39 is 11.6 Å². The molecule has 0 radical (unpaired) electrons. The third-order valence-corrected chi connectivity index (χ3v) is 6.61. The molecule has 0 unspecified atom stereocenters. The van der Waals surface area contributed by atoms with E-state index in [0.717, 1.165) is 31.7 Å². The monoisotopic (exact) mass is 471 g/mol. The molecule has 3 aromatic rings. The van der Waals surface area contributed by atoms with Crippen LogP contribution in [0.4, 0.5) is 26.4 Å². The van der Waals surface area contributed by atoms with Crippen molar-refractivity contribution in [3.63, 3.8) is 0 Å². The van der Waals surface area contributed by atoms with Crippen LogP contribution in [0.5, 0.6) is 0 Å². The molecular formula is C23H27F2N7O2. The second-order valence-corrected chi connectivity index (χ2v) is 9.01. The highest BCUT2D eigenvalue weighted by atomic mass is 19.1. The van der Waals surface area contributed by atoms with Crippen molar-refractivity contribution in [3.05, 3.63) is 36.0 Å². The third kappa shape index (κ3) is 4.52. The number of hydrogen-bond acceptors (Lipinski definition) is 7. The number of anilines is 3. The number of rotatable bonds is 5. The average molecular weight is 472 g/mol. The number of hydrogen-bond donors (Lipinski definition) is 3. The maximum Gasteiger partial charge on any atom is 0.224 e. The zero-order chi connectivity index (χ0) is 23.8. The van der Waals surface area contributed by atoms with Crippen molar-refractivity contribution in [1.29, 1.82) is 0 Å². The molecule has 2 aliphatic rings. The second kappa shape index (κ2) is 9.13. The quantitative estimate of drug-likeness (QED) is 0.524. The van der Waals surface area contributed by atoms with Gasteiger partial charge in [-0.1, -0.05) is 0 Å². The van der Waals surface area contributed by atoms with Crippen LogP contribution in [0.1, 0.15) is 45.1 Å². The molecule has 3 N–H and O–H groups in total. The molecule has 1 amide bonds. The van der Waals surface area contributed by atoms with E-state index in [2.05, 4.69) is 20.6 Å². The molecule has 2 aromatic heterocycles. The third-order valence-electron chi connectivity index (χ3n) is 6.61. The van der Waals surface area contributed by atoms with E-state index in [1.54, 1.807) is 11.1 Å². The second-order valence-electron chi connectivity index (χ2n) is 9.01. The van der Waals surface area contributed by atoms with E-state index in [1.807, 2.05) is 4.57 Å². The van der Waals surface area contributed by atoms with Gasteiger partial charge in [-0.15, -0.1) is 0 Å². The molecule has 1 saturated heterocycles. The SMILES string of the molecule is CC(=O)N1CC[C@H](n2c(Nc3ccc(F)cc3F)nc3cnc(N[C@H]4CC[C@H](O)CC4)nc32)C1. The van der Waals surface area contributed by atoms with E-state index in [0.29, 0.717) is 42.6 Å². The summed E-state index contributed by atoms with van der Waals surface area (Å²) >= 11 is 0. The molecule has 34 heavy (non-hydrogen) atoms. The molecule has 0 bridgehead atoms. The fourth-order valence-corrected chi connectivity index (χ4v) is 4.75. The lowest BCUT2D eigenvalue weighted by Gasteiger charge is -2.26. The first-order valence-corrected chi connectivity index (χ1v) is 11.5. The Kier molecular flexibility index (Phi) is 6.03. The van der Waals surface area contributed by atoms with Gasteiger partial charge in [-0.2, -0.15) is 4.98 Å². The smallest absolute Gasteiger partial charge is 0.224 e. The highest BCUT2D eigenvalue weighted by molar-refractivity contribution is 5.77. The van der Waals surface area contributed by atoms with Crippen LogP contribution < -0.4 is 10.6 Å². The number of aromatic nitrogens is 4. The van der Waals surface area contributed by atoms with Crippen LogP contribution >= 0.6 is 0 Å². The highest BCUT2D eigenvalue weighted by Crippen LogP contribution is 2.32. The number of nitrogens with zero attached hydrogens (tertiary/aromatic N) is 5. The number of aliphatic hydroxyl groups is 1. The normalized spacial score (nSPS) is 22.8. The molecule has 9 nitrogen and oxygen atoms in total. The van der Waals surface area contributed by atoms with E-state index >= 15 is 0 Å². The summed E-state index contributed by atoms with van der Waals surface area (Å²) in [5, 5.41) is 16.1. The zero-order valence-corrected chi connectivity index (χ0v) is 18.8. The van der Waals surface area contributed by atoms with Gasteiger partial charge in [0.25, 0.3) is 0 Å². The molecule has 1 aromatic carbocycles. The van der Waals surface area contributed by atoms with Crippen molar-refractivity contribution in [2.24, 2.45) is 0 Å². The summed E-state index contributed by atoms with van der Waals surface area (Å²) in [5.41, 5.74) is 1.18. The van der Waals surface area contributed by atoms with Crippen LogP contribution in [0.2, 0.25) is 0 Å². The zero-order valence-electron chi connectivity index (χ0n) is 18.8. The number of amides is 1. The Morgan fingerprint density at radius 2 is 1.94 bits per heavy atom. The van der Waals surface area contributed by atoms with E-state index in [9.17, 15) is 18.7 Å². The maximum atomic E-state index is 14.4. The number of carbonyl (C=O) groups is 1. The average Bonchev–Trinajstić information content (AvgIpc) is 3.41. The first-order valence-electron chi connectivity index (χ1n) is 11.5. The number of nitrogens with one attached hydrogen (secondary N) is 2. The minimum absolute atomic E-state index is 0.0116. The molecule has 1 atom stereocenters. The van der Waals surface area contributed by atoms with Crippen molar-refractivity contribution >= 4 is 34.7 Å². The fourth-order valence-electron chi connectivity index (χ4n) is 4.75. The summed E-state index contributed by atoms with van der Waals surface area (Å²) in [7, 11) is 0. The van der Waals surface area contributed by atoms with E-state index in [1.165, 1.54) is 19.1 Å². The first-order chi connectivity index (χ1) is 16.4. The van der Waals surface area contributed by atoms with Crippen LogP contribution in [0.3, 0.4) is 0 Å². The number of benzene rings is 1. The van der Waals surface area contributed by atoms with Gasteiger partial charge in [0, 0.05) is 32.1 Å². The van der Waals surface area contributed by atoms with Gasteiger partial charge in [0.2, 0.25) is 17.8 Å². The summed E-state index contributed by atoms with van der Waals surface area (Å²) in [6.07, 6.45) is 5.18. The molecule has 1 saturated carbocycles. The molecule has 0 spiro atoms. The molecule has 2 fully saturated rings. The van der Waals surface area contributed by atoms with Gasteiger partial charge in [-0.25, -0.2) is 18.7 Å². The van der Waals surface area contributed by atoms with Crippen LogP contribution in [0.15, 0.2) is 24.4 Å². The molecule has 3 heterocycles. The Balaban J connectivity index is 1.50. The molecule has 1 aliphatic carbocycles. The van der Waals surface area contributed by atoms with Crippen LogP contribution in [0, 0.1) is 11.6 Å². The molecule has 1 aliphatic heterocycles. The van der Waals surface area contributed by atoms with E-state index in [4.69, 9.17) is 4.98 Å². The number of likely N-dealkylation sites (tertiary alicyclic amines) is 1. The molecule has 5 rings (SSSR count). The number of imidazole rings is 1. The summed E-state index contributed by atoms with van der Waals surface area (Å²) in [4.78, 5) is 27.4. The van der Waals surface area contributed by atoms with Crippen molar-refractivity contribution < 1.29 is 18.7 Å². The standard InChI is InChI=1S/C23H27F2N7O2/c1-13(33)31-9-8-16(12-31)32-21-20(29-23(32)28-19-7-2-14(24)10-18(19)25)11-26-22(30-21)27-15-3-5-17(34)6-4-15/h2,7,10-11,15-17,34H,3-6,8-9,12H2,1H3,(H,28,29)(H,26,27,30)/t15-,16-,17-/m0/s1. The van der Waals surface area contributed by atoms with Crippen molar-refractivity contribution in [3.8, 4) is 0 Å². The Morgan fingerprint density at radius 3 is 2.65 bits per heavy atom. The van der Waals surface area contributed by atoms with Crippen LogP contribution in [-0.2, 0) is 4.79 Å². The number of halogens is 2. The summed E-state index contributed by atoms with van der Waals surface area (Å²) in [6, 6.07) is 3.36. The van der Waals surface area contributed by atoms with E-state index in [-0.39, 0.29) is 29.8 Å². The molecule has 180 valence electrons. The summed E-state index contributed by atoms with van der Waals surface area (Å²) < 4.78 is 29.6. The predicted octanol–water partition coefficient (Wildman–Crippen LogP) is 3.36. The lowest BCUT2D eigenvalue weighted by Crippen LogP contribution is -2.29. The van der Waals surface area contributed by atoms with Crippen molar-refractivity contribution in [1.82, 2.24) is 24.4 Å². The number of aliphatic hydroxyl groups excluding tert-OH is 1. The van der Waals surface area contributed by atoms with Gasteiger partial charge in [0.05, 0.1) is 24.0 Å². The van der Waals surface area contributed by atoms with Gasteiger partial charge in [0.15, 0.2) is 5.65 Å². The van der Waals surface area contributed by atoms with Crippen molar-refractivity contribution in [2.75, 3.05) is 23.7 Å². The minimum atomic E-state index is -0.733. The van der Waals surface area contributed by atoms with Crippen LogP contribution in [0.25, 0.3) is 11.2 Å². The van der Waals surface area contributed by atoms with Gasteiger partial charge in [-0.05, 0) is 44.2 Å². The maximum absolute atomic E-state index is 14.4. The Bertz CT molecular complexity index is 1210. The molecule has 11 heteroatoms. The Labute approximate surface area is 195 Å². The first kappa shape index (κ1) is 22.5. The number of fused-ring (bicyclic) bond motifs is 1. The van der Waals surface area contributed by atoms with Gasteiger partial charge >= 0.3 is 0 Å². The van der Waals surface area contributed by atoms with Crippen molar-refractivity contribution in [2.45, 2.75) is 57.2 Å². The van der Waals surface area contributed by atoms with Gasteiger partial charge in [-0.3, -0.25) is 9.36 Å².